The van der Waals surface area contributed by atoms with Gasteiger partial charge in [-0.25, -0.2) is 4.98 Å². The second-order valence-electron chi connectivity index (χ2n) is 8.72. The SMILES string of the molecule is CCc1cc(C(O)c2cn(C(c3ccccc3)(c3ccccc3)c3ccccc3)cn2)c(CC)s1. The van der Waals surface area contributed by atoms with Crippen molar-refractivity contribution in [2.24, 2.45) is 0 Å². The molecule has 4 heteroatoms. The Labute approximate surface area is 211 Å². The summed E-state index contributed by atoms with van der Waals surface area (Å²) in [7, 11) is 0. The maximum atomic E-state index is 11.4. The van der Waals surface area contributed by atoms with Gasteiger partial charge in [-0.05, 0) is 35.6 Å². The van der Waals surface area contributed by atoms with Gasteiger partial charge in [0, 0.05) is 21.5 Å². The van der Waals surface area contributed by atoms with Gasteiger partial charge in [0.1, 0.15) is 11.6 Å². The highest BCUT2D eigenvalue weighted by Crippen LogP contribution is 2.41. The Balaban J connectivity index is 1.72. The molecule has 5 aromatic rings. The van der Waals surface area contributed by atoms with Crippen molar-refractivity contribution >= 4 is 11.3 Å². The van der Waals surface area contributed by atoms with E-state index in [9.17, 15) is 5.11 Å². The molecule has 0 fully saturated rings. The average Bonchev–Trinajstić information content (AvgIpc) is 3.59. The average molecular weight is 479 g/mol. The Morgan fingerprint density at radius 2 is 1.31 bits per heavy atom. The fraction of sp³-hybridized carbons (Fsp3) is 0.194. The van der Waals surface area contributed by atoms with Gasteiger partial charge in [0.15, 0.2) is 0 Å². The van der Waals surface area contributed by atoms with Crippen LogP contribution in [-0.4, -0.2) is 14.7 Å². The van der Waals surface area contributed by atoms with Gasteiger partial charge in [-0.2, -0.15) is 0 Å². The lowest BCUT2D eigenvalue weighted by Gasteiger charge is -2.37. The summed E-state index contributed by atoms with van der Waals surface area (Å²) in [6, 6.07) is 33.7. The summed E-state index contributed by atoms with van der Waals surface area (Å²) >= 11 is 1.79. The second kappa shape index (κ2) is 10.0. The third-order valence-electron chi connectivity index (χ3n) is 6.70. The van der Waals surface area contributed by atoms with Crippen LogP contribution in [0.25, 0.3) is 0 Å². The highest BCUT2D eigenvalue weighted by atomic mass is 32.1. The van der Waals surface area contributed by atoms with Crippen molar-refractivity contribution in [2.45, 2.75) is 38.3 Å². The third kappa shape index (κ3) is 4.13. The van der Waals surface area contributed by atoms with E-state index >= 15 is 0 Å². The molecule has 1 atom stereocenters. The first-order valence-electron chi connectivity index (χ1n) is 12.2. The summed E-state index contributed by atoms with van der Waals surface area (Å²) in [6.45, 7) is 4.30. The van der Waals surface area contributed by atoms with E-state index in [1.165, 1.54) is 9.75 Å². The van der Waals surface area contributed by atoms with Crippen molar-refractivity contribution in [1.82, 2.24) is 9.55 Å². The molecule has 5 rings (SSSR count). The van der Waals surface area contributed by atoms with E-state index in [1.54, 1.807) is 11.3 Å². The number of aromatic nitrogens is 2. The first kappa shape index (κ1) is 23.3. The number of imidazole rings is 1. The van der Waals surface area contributed by atoms with Crippen LogP contribution in [-0.2, 0) is 18.4 Å². The molecule has 1 unspecified atom stereocenters. The zero-order valence-electron chi connectivity index (χ0n) is 20.1. The molecule has 0 amide bonds. The molecule has 0 saturated carbocycles. The van der Waals surface area contributed by atoms with Crippen LogP contribution in [0.1, 0.15) is 57.7 Å². The Morgan fingerprint density at radius 3 is 1.77 bits per heavy atom. The summed E-state index contributed by atoms with van der Waals surface area (Å²) in [5.41, 5.74) is 4.40. The van der Waals surface area contributed by atoms with Crippen LogP contribution >= 0.6 is 11.3 Å². The lowest BCUT2D eigenvalue weighted by atomic mass is 9.77. The van der Waals surface area contributed by atoms with Crippen LogP contribution in [0.15, 0.2) is 110 Å². The van der Waals surface area contributed by atoms with Crippen molar-refractivity contribution in [2.75, 3.05) is 0 Å². The lowest BCUT2D eigenvalue weighted by Crippen LogP contribution is -2.37. The number of thiophene rings is 1. The molecule has 0 spiro atoms. The molecule has 1 N–H and O–H groups in total. The molecule has 0 bridgehead atoms. The van der Waals surface area contributed by atoms with Crippen molar-refractivity contribution in [1.29, 1.82) is 0 Å². The largest absolute Gasteiger partial charge is 0.382 e. The molecule has 0 radical (unpaired) electrons. The van der Waals surface area contributed by atoms with Crippen LogP contribution in [0.2, 0.25) is 0 Å². The van der Waals surface area contributed by atoms with E-state index in [1.807, 2.05) is 30.7 Å². The van der Waals surface area contributed by atoms with Gasteiger partial charge in [-0.15, -0.1) is 11.3 Å². The van der Waals surface area contributed by atoms with Crippen molar-refractivity contribution in [3.63, 3.8) is 0 Å². The molecule has 0 saturated heterocycles. The van der Waals surface area contributed by atoms with E-state index in [4.69, 9.17) is 4.98 Å². The smallest absolute Gasteiger partial charge is 0.124 e. The number of hydrogen-bond acceptors (Lipinski definition) is 3. The molecule has 0 aliphatic carbocycles. The summed E-state index contributed by atoms with van der Waals surface area (Å²) < 4.78 is 2.16. The van der Waals surface area contributed by atoms with Gasteiger partial charge in [0.25, 0.3) is 0 Å². The number of aliphatic hydroxyl groups is 1. The van der Waals surface area contributed by atoms with Crippen molar-refractivity contribution < 1.29 is 5.11 Å². The molecule has 3 aromatic carbocycles. The number of hydrogen-bond donors (Lipinski definition) is 1. The van der Waals surface area contributed by atoms with Crippen LogP contribution in [0.3, 0.4) is 0 Å². The topological polar surface area (TPSA) is 38.0 Å². The molecule has 176 valence electrons. The first-order chi connectivity index (χ1) is 17.2. The third-order valence-corrected chi connectivity index (χ3v) is 8.14. The highest BCUT2D eigenvalue weighted by Gasteiger charge is 2.38. The van der Waals surface area contributed by atoms with Crippen LogP contribution in [0.4, 0.5) is 0 Å². The molecule has 0 aliphatic rings. The summed E-state index contributed by atoms with van der Waals surface area (Å²) in [5.74, 6) is 0. The van der Waals surface area contributed by atoms with Gasteiger partial charge >= 0.3 is 0 Å². The van der Waals surface area contributed by atoms with E-state index in [2.05, 4.69) is 97.3 Å². The molecular formula is C31H30N2OS. The Morgan fingerprint density at radius 1 is 0.800 bits per heavy atom. The van der Waals surface area contributed by atoms with E-state index in [0.717, 1.165) is 35.1 Å². The van der Waals surface area contributed by atoms with Gasteiger partial charge in [0.05, 0.1) is 12.0 Å². The first-order valence-corrected chi connectivity index (χ1v) is 13.0. The predicted molar refractivity (Wildman–Crippen MR) is 144 cm³/mol. The minimum absolute atomic E-state index is 0.633. The quantitative estimate of drug-likeness (QED) is 0.244. The second-order valence-corrected chi connectivity index (χ2v) is 9.94. The predicted octanol–water partition coefficient (Wildman–Crippen LogP) is 6.99. The molecule has 3 nitrogen and oxygen atoms in total. The molecular weight excluding hydrogens is 448 g/mol. The minimum atomic E-state index is -0.761. The number of nitrogens with zero attached hydrogens (tertiary/aromatic N) is 2. The van der Waals surface area contributed by atoms with Crippen LogP contribution in [0.5, 0.6) is 0 Å². The maximum absolute atomic E-state index is 11.4. The highest BCUT2D eigenvalue weighted by molar-refractivity contribution is 7.12. The van der Waals surface area contributed by atoms with Crippen LogP contribution in [0, 0.1) is 0 Å². The van der Waals surface area contributed by atoms with Gasteiger partial charge in [-0.3, -0.25) is 0 Å². The van der Waals surface area contributed by atoms with Crippen LogP contribution < -0.4 is 0 Å². The number of aliphatic hydroxyl groups excluding tert-OH is 1. The molecule has 2 heterocycles. The molecule has 35 heavy (non-hydrogen) atoms. The van der Waals surface area contributed by atoms with E-state index < -0.39 is 11.6 Å². The zero-order valence-corrected chi connectivity index (χ0v) is 21.0. The summed E-state index contributed by atoms with van der Waals surface area (Å²) in [5, 5.41) is 11.4. The summed E-state index contributed by atoms with van der Waals surface area (Å²) in [6.07, 6.45) is 4.99. The fourth-order valence-electron chi connectivity index (χ4n) is 4.99. The van der Waals surface area contributed by atoms with Gasteiger partial charge in [-0.1, -0.05) is 105 Å². The fourth-order valence-corrected chi connectivity index (χ4v) is 6.07. The maximum Gasteiger partial charge on any atom is 0.124 e. The van der Waals surface area contributed by atoms with Gasteiger partial charge < -0.3 is 9.67 Å². The minimum Gasteiger partial charge on any atom is -0.382 e. The molecule has 2 aromatic heterocycles. The Hall–Kier alpha value is -3.47. The zero-order chi connectivity index (χ0) is 24.3. The lowest BCUT2D eigenvalue weighted by molar-refractivity contribution is 0.215. The standard InChI is InChI=1S/C31H30N2OS/c1-3-26-20-27(29(4-2)35-26)30(34)28-21-33(22-32-28)31(23-14-8-5-9-15-23,24-16-10-6-11-17-24)25-18-12-7-13-19-25/h5-22,30,34H,3-4H2,1-2H3. The monoisotopic (exact) mass is 478 g/mol. The normalized spacial score (nSPS) is 12.5. The number of aryl methyl sites for hydroxylation is 2. The molecule has 0 aliphatic heterocycles. The number of rotatable bonds is 8. The summed E-state index contributed by atoms with van der Waals surface area (Å²) in [4.78, 5) is 7.28. The van der Waals surface area contributed by atoms with E-state index in [0.29, 0.717) is 5.69 Å². The Kier molecular flexibility index (Phi) is 6.67. The van der Waals surface area contributed by atoms with E-state index in [-0.39, 0.29) is 0 Å². The Bertz CT molecular complexity index is 1280. The van der Waals surface area contributed by atoms with Crippen molar-refractivity contribution in [3.05, 3.63) is 147 Å². The number of benzene rings is 3. The van der Waals surface area contributed by atoms with Crippen molar-refractivity contribution in [3.8, 4) is 0 Å². The van der Waals surface area contributed by atoms with Gasteiger partial charge in [0.2, 0.25) is 0 Å².